The Morgan fingerprint density at radius 3 is 3.00 bits per heavy atom. The Labute approximate surface area is 141 Å². The van der Waals surface area contributed by atoms with Crippen molar-refractivity contribution in [3.63, 3.8) is 0 Å². The molecule has 3 atom stereocenters. The fraction of sp³-hybridized carbons (Fsp3) is 0.688. The minimum Gasteiger partial charge on any atom is -0.465 e. The van der Waals surface area contributed by atoms with Crippen molar-refractivity contribution in [1.82, 2.24) is 15.3 Å². The van der Waals surface area contributed by atoms with Crippen molar-refractivity contribution in [3.8, 4) is 0 Å². The van der Waals surface area contributed by atoms with Gasteiger partial charge in [-0.3, -0.25) is 0 Å². The van der Waals surface area contributed by atoms with E-state index in [9.17, 15) is 4.79 Å². The Hall–Kier alpha value is -1.93. The molecular formula is C16H25N5O3. The third-order valence-corrected chi connectivity index (χ3v) is 4.48. The molecule has 1 fully saturated rings. The van der Waals surface area contributed by atoms with E-state index in [-0.39, 0.29) is 24.3 Å². The highest BCUT2D eigenvalue weighted by Crippen LogP contribution is 2.24. The lowest BCUT2D eigenvalue weighted by Gasteiger charge is -2.23. The number of anilines is 1. The third-order valence-electron chi connectivity index (χ3n) is 4.48. The van der Waals surface area contributed by atoms with Crippen LogP contribution in [0.3, 0.4) is 0 Å². The van der Waals surface area contributed by atoms with Crippen LogP contribution in [0.1, 0.15) is 31.5 Å². The summed E-state index contributed by atoms with van der Waals surface area (Å²) in [6.07, 6.45) is 3.24. The number of nitrogens with one attached hydrogen (secondary N) is 1. The number of ether oxygens (including phenoxy) is 1. The van der Waals surface area contributed by atoms with Crippen LogP contribution in [0, 0.1) is 0 Å². The summed E-state index contributed by atoms with van der Waals surface area (Å²) in [6.45, 7) is 4.96. The molecule has 0 saturated carbocycles. The molecule has 132 valence electrons. The number of amides is 1. The molecule has 0 bridgehead atoms. The number of nitrogens with two attached hydrogens (primary N) is 1. The summed E-state index contributed by atoms with van der Waals surface area (Å²) in [5.41, 5.74) is 8.16. The Kier molecular flexibility index (Phi) is 4.86. The number of rotatable bonds is 4. The van der Waals surface area contributed by atoms with Gasteiger partial charge in [-0.1, -0.05) is 0 Å². The van der Waals surface area contributed by atoms with Gasteiger partial charge in [-0.25, -0.2) is 14.8 Å². The van der Waals surface area contributed by atoms with Crippen LogP contribution in [0.5, 0.6) is 0 Å². The van der Waals surface area contributed by atoms with Crippen LogP contribution < -0.4 is 16.0 Å². The second-order valence-corrected chi connectivity index (χ2v) is 6.83. The Morgan fingerprint density at radius 2 is 2.29 bits per heavy atom. The normalized spacial score (nSPS) is 26.5. The van der Waals surface area contributed by atoms with Crippen molar-refractivity contribution < 1.29 is 14.6 Å². The summed E-state index contributed by atoms with van der Waals surface area (Å²) in [4.78, 5) is 22.2. The van der Waals surface area contributed by atoms with Crippen LogP contribution in [-0.4, -0.2) is 58.5 Å². The maximum Gasteiger partial charge on any atom is 0.405 e. The monoisotopic (exact) mass is 335 g/mol. The molecule has 2 aliphatic rings. The first-order chi connectivity index (χ1) is 11.4. The number of hydrogen-bond donors (Lipinski definition) is 3. The van der Waals surface area contributed by atoms with Crippen molar-refractivity contribution in [1.29, 1.82) is 0 Å². The average Bonchev–Trinajstić information content (AvgIpc) is 2.88. The van der Waals surface area contributed by atoms with Crippen molar-refractivity contribution >= 4 is 12.0 Å². The highest BCUT2D eigenvalue weighted by Gasteiger charge is 2.36. The molecular weight excluding hydrogens is 310 g/mol. The van der Waals surface area contributed by atoms with Crippen molar-refractivity contribution in [3.05, 3.63) is 17.5 Å². The predicted octanol–water partition coefficient (Wildman–Crippen LogP) is 0.542. The number of hydrogen-bond acceptors (Lipinski definition) is 6. The molecule has 1 aromatic heterocycles. The Balaban J connectivity index is 1.76. The number of fused-ring (bicyclic) bond motifs is 1. The van der Waals surface area contributed by atoms with Gasteiger partial charge in [0, 0.05) is 31.0 Å². The zero-order valence-electron chi connectivity index (χ0n) is 14.1. The van der Waals surface area contributed by atoms with Gasteiger partial charge >= 0.3 is 6.09 Å². The molecule has 24 heavy (non-hydrogen) atoms. The van der Waals surface area contributed by atoms with Gasteiger partial charge in [0.1, 0.15) is 0 Å². The van der Waals surface area contributed by atoms with E-state index in [1.54, 1.807) is 0 Å². The van der Waals surface area contributed by atoms with Gasteiger partial charge in [0.25, 0.3) is 0 Å². The fourth-order valence-corrected chi connectivity index (χ4v) is 3.40. The maximum absolute atomic E-state index is 11.0. The molecule has 8 heteroatoms. The van der Waals surface area contributed by atoms with Crippen molar-refractivity contribution in [2.75, 3.05) is 18.0 Å². The molecule has 1 aromatic rings. The smallest absolute Gasteiger partial charge is 0.405 e. The lowest BCUT2D eigenvalue weighted by Crippen LogP contribution is -2.44. The second-order valence-electron chi connectivity index (χ2n) is 6.83. The van der Waals surface area contributed by atoms with Crippen LogP contribution >= 0.6 is 0 Å². The third kappa shape index (κ3) is 3.76. The summed E-state index contributed by atoms with van der Waals surface area (Å²) in [5, 5.41) is 11.6. The van der Waals surface area contributed by atoms with E-state index in [2.05, 4.69) is 15.3 Å². The minimum atomic E-state index is -1.04. The number of aryl methyl sites for hydroxylation is 1. The summed E-state index contributed by atoms with van der Waals surface area (Å²) in [7, 11) is 0. The van der Waals surface area contributed by atoms with Crippen LogP contribution in [0.15, 0.2) is 6.20 Å². The van der Waals surface area contributed by atoms with Crippen LogP contribution in [-0.2, 0) is 17.6 Å². The summed E-state index contributed by atoms with van der Waals surface area (Å²) >= 11 is 0. The molecule has 3 unspecified atom stereocenters. The Bertz CT molecular complexity index is 609. The fourth-order valence-electron chi connectivity index (χ4n) is 3.40. The van der Waals surface area contributed by atoms with Gasteiger partial charge in [0.15, 0.2) is 0 Å². The van der Waals surface area contributed by atoms with E-state index < -0.39 is 6.09 Å². The van der Waals surface area contributed by atoms with E-state index in [0.29, 0.717) is 19.0 Å². The van der Waals surface area contributed by atoms with Gasteiger partial charge in [0.2, 0.25) is 5.95 Å². The van der Waals surface area contributed by atoms with Gasteiger partial charge in [-0.05, 0) is 38.7 Å². The van der Waals surface area contributed by atoms with Gasteiger partial charge in [0.05, 0.1) is 18.2 Å². The first-order valence-corrected chi connectivity index (χ1v) is 8.42. The molecule has 8 nitrogen and oxygen atoms in total. The molecule has 1 saturated heterocycles. The first-order valence-electron chi connectivity index (χ1n) is 8.42. The van der Waals surface area contributed by atoms with Crippen LogP contribution in [0.2, 0.25) is 0 Å². The summed E-state index contributed by atoms with van der Waals surface area (Å²) in [6, 6.07) is -0.107. The minimum absolute atomic E-state index is 0.0268. The molecule has 1 aliphatic heterocycles. The lowest BCUT2D eigenvalue weighted by molar-refractivity contribution is 0.00694. The maximum atomic E-state index is 11.0. The molecule has 1 amide bonds. The predicted molar refractivity (Wildman–Crippen MR) is 89.2 cm³/mol. The summed E-state index contributed by atoms with van der Waals surface area (Å²) < 4.78 is 5.86. The topological polar surface area (TPSA) is 114 Å². The van der Waals surface area contributed by atoms with Crippen LogP contribution in [0.4, 0.5) is 10.7 Å². The molecule has 0 aromatic carbocycles. The zero-order chi connectivity index (χ0) is 17.3. The Morgan fingerprint density at radius 1 is 1.50 bits per heavy atom. The molecule has 3 rings (SSSR count). The summed E-state index contributed by atoms with van der Waals surface area (Å²) in [5.74, 6) is 0.635. The van der Waals surface area contributed by atoms with Gasteiger partial charge in [-0.15, -0.1) is 0 Å². The molecule has 0 spiro atoms. The van der Waals surface area contributed by atoms with Gasteiger partial charge in [-0.2, -0.15) is 0 Å². The standard InChI is InChI=1S/C16H25N5O3/c1-9(2)24-14-8-21(7-13(14)20-16(22)23)15-18-6-10-5-11(17)3-4-12(10)19-15/h6,9,11,13-14,20H,3-5,7-8,17H2,1-2H3,(H,22,23). The number of nitrogens with zero attached hydrogens (tertiary/aromatic N) is 3. The number of aromatic nitrogens is 2. The molecule has 1 aliphatic carbocycles. The zero-order valence-corrected chi connectivity index (χ0v) is 14.1. The van der Waals surface area contributed by atoms with E-state index in [4.69, 9.17) is 15.6 Å². The largest absolute Gasteiger partial charge is 0.465 e. The lowest BCUT2D eigenvalue weighted by atomic mass is 9.94. The SMILES string of the molecule is CC(C)OC1CN(c2ncc3c(n2)CCC(N)C3)CC1NC(=O)O. The van der Waals surface area contributed by atoms with E-state index >= 15 is 0 Å². The molecule has 0 radical (unpaired) electrons. The number of carbonyl (C=O) groups is 1. The van der Waals surface area contributed by atoms with E-state index in [1.807, 2.05) is 24.9 Å². The molecule has 2 heterocycles. The number of carboxylic acid groups (broad SMARTS) is 1. The van der Waals surface area contributed by atoms with Crippen molar-refractivity contribution in [2.45, 2.75) is 57.4 Å². The van der Waals surface area contributed by atoms with Gasteiger partial charge < -0.3 is 25.8 Å². The van der Waals surface area contributed by atoms with E-state index in [0.717, 1.165) is 30.5 Å². The average molecular weight is 335 g/mol. The van der Waals surface area contributed by atoms with Crippen LogP contribution in [0.25, 0.3) is 0 Å². The quantitative estimate of drug-likeness (QED) is 0.736. The second kappa shape index (κ2) is 6.90. The molecule has 4 N–H and O–H groups in total. The van der Waals surface area contributed by atoms with E-state index in [1.165, 1.54) is 0 Å². The first kappa shape index (κ1) is 16.9. The highest BCUT2D eigenvalue weighted by atomic mass is 16.5. The highest BCUT2D eigenvalue weighted by molar-refractivity contribution is 5.65. The van der Waals surface area contributed by atoms with Crippen molar-refractivity contribution in [2.24, 2.45) is 5.73 Å².